The zero-order valence-corrected chi connectivity index (χ0v) is 9.34. The number of carbonyl (C=O) groups is 1. The second-order valence-corrected chi connectivity index (χ2v) is 4.33. The van der Waals surface area contributed by atoms with Gasteiger partial charge in [-0.25, -0.2) is 4.98 Å². The molecule has 0 aliphatic heterocycles. The first-order valence-electron chi connectivity index (χ1n) is 5.10. The van der Waals surface area contributed by atoms with Crippen LogP contribution in [0.25, 0.3) is 0 Å². The fraction of sp³-hybridized carbons (Fsp3) is 0.455. The summed E-state index contributed by atoms with van der Waals surface area (Å²) in [5.74, 6) is 0.233. The van der Waals surface area contributed by atoms with Crippen molar-refractivity contribution < 1.29 is 4.79 Å². The first-order valence-corrected chi connectivity index (χ1v) is 5.47. The second-order valence-electron chi connectivity index (χ2n) is 3.97. The summed E-state index contributed by atoms with van der Waals surface area (Å²) in [5.41, 5.74) is 1.61. The van der Waals surface area contributed by atoms with Crippen molar-refractivity contribution in [3.05, 3.63) is 23.0 Å². The van der Waals surface area contributed by atoms with Crippen molar-refractivity contribution in [1.82, 2.24) is 4.98 Å². The zero-order chi connectivity index (χ0) is 10.8. The van der Waals surface area contributed by atoms with Gasteiger partial charge in [-0.1, -0.05) is 18.0 Å². The van der Waals surface area contributed by atoms with E-state index in [-0.39, 0.29) is 11.8 Å². The molecule has 0 radical (unpaired) electrons. The SMILES string of the molecule is Cc1cnc(Cl)c(NC(=O)C2CCC2)c1. The molecule has 80 valence electrons. The molecule has 1 fully saturated rings. The first kappa shape index (κ1) is 10.4. The van der Waals surface area contributed by atoms with Gasteiger partial charge in [0.1, 0.15) is 0 Å². The summed E-state index contributed by atoms with van der Waals surface area (Å²) in [5, 5.41) is 3.17. The quantitative estimate of drug-likeness (QED) is 0.785. The van der Waals surface area contributed by atoms with E-state index >= 15 is 0 Å². The minimum absolute atomic E-state index is 0.0653. The van der Waals surface area contributed by atoms with E-state index in [1.807, 2.05) is 13.0 Å². The maximum atomic E-state index is 11.7. The standard InChI is InChI=1S/C11H13ClN2O/c1-7-5-9(10(12)13-6-7)14-11(15)8-3-2-4-8/h5-6,8H,2-4H2,1H3,(H,14,15). The molecule has 0 spiro atoms. The molecular formula is C11H13ClN2O. The lowest BCUT2D eigenvalue weighted by Gasteiger charge is -2.24. The van der Waals surface area contributed by atoms with Gasteiger partial charge in [0.25, 0.3) is 0 Å². The Balaban J connectivity index is 2.09. The molecule has 0 aromatic carbocycles. The van der Waals surface area contributed by atoms with Crippen LogP contribution in [-0.2, 0) is 4.79 Å². The summed E-state index contributed by atoms with van der Waals surface area (Å²) in [4.78, 5) is 15.6. The fourth-order valence-electron chi connectivity index (χ4n) is 1.55. The molecule has 0 bridgehead atoms. The van der Waals surface area contributed by atoms with Crippen LogP contribution in [0.15, 0.2) is 12.3 Å². The number of aromatic nitrogens is 1. The van der Waals surface area contributed by atoms with Crippen LogP contribution in [0.5, 0.6) is 0 Å². The van der Waals surface area contributed by atoms with Gasteiger partial charge in [-0.2, -0.15) is 0 Å². The highest BCUT2D eigenvalue weighted by Gasteiger charge is 2.25. The Labute approximate surface area is 93.8 Å². The molecule has 15 heavy (non-hydrogen) atoms. The van der Waals surface area contributed by atoms with E-state index in [1.54, 1.807) is 6.20 Å². The lowest BCUT2D eigenvalue weighted by molar-refractivity contribution is -0.122. The van der Waals surface area contributed by atoms with Crippen LogP contribution < -0.4 is 5.32 Å². The number of nitrogens with one attached hydrogen (secondary N) is 1. The number of rotatable bonds is 2. The first-order chi connectivity index (χ1) is 7.16. The molecule has 2 rings (SSSR count). The van der Waals surface area contributed by atoms with E-state index in [0.717, 1.165) is 24.8 Å². The highest BCUT2D eigenvalue weighted by molar-refractivity contribution is 6.32. The minimum atomic E-state index is 0.0653. The molecule has 0 unspecified atom stereocenters. The third-order valence-electron chi connectivity index (χ3n) is 2.71. The Hall–Kier alpha value is -1.09. The van der Waals surface area contributed by atoms with E-state index in [1.165, 1.54) is 0 Å². The summed E-state index contributed by atoms with van der Waals surface area (Å²) < 4.78 is 0. The van der Waals surface area contributed by atoms with Crippen LogP contribution in [0.2, 0.25) is 5.15 Å². The summed E-state index contributed by atoms with van der Waals surface area (Å²) in [6, 6.07) is 1.84. The molecule has 1 aliphatic rings. The highest BCUT2D eigenvalue weighted by atomic mass is 35.5. The Bertz CT molecular complexity index is 388. The maximum absolute atomic E-state index is 11.7. The topological polar surface area (TPSA) is 42.0 Å². The van der Waals surface area contributed by atoms with Crippen molar-refractivity contribution in [3.8, 4) is 0 Å². The Morgan fingerprint density at radius 1 is 1.60 bits per heavy atom. The van der Waals surface area contributed by atoms with Crippen LogP contribution in [0, 0.1) is 12.8 Å². The molecule has 0 atom stereocenters. The average molecular weight is 225 g/mol. The monoisotopic (exact) mass is 224 g/mol. The maximum Gasteiger partial charge on any atom is 0.227 e. The number of pyridine rings is 1. The lowest BCUT2D eigenvalue weighted by atomic mass is 9.85. The van der Waals surface area contributed by atoms with Gasteiger partial charge in [0.05, 0.1) is 5.69 Å². The fourth-order valence-corrected chi connectivity index (χ4v) is 1.70. The van der Waals surface area contributed by atoms with Gasteiger partial charge in [0, 0.05) is 12.1 Å². The molecule has 3 nitrogen and oxygen atoms in total. The van der Waals surface area contributed by atoms with E-state index in [4.69, 9.17) is 11.6 Å². The summed E-state index contributed by atoms with van der Waals surface area (Å²) in [6.45, 7) is 1.92. The van der Waals surface area contributed by atoms with Crippen molar-refractivity contribution >= 4 is 23.2 Å². The minimum Gasteiger partial charge on any atom is -0.323 e. The predicted octanol–water partition coefficient (Wildman–Crippen LogP) is 2.78. The van der Waals surface area contributed by atoms with Crippen molar-refractivity contribution in [1.29, 1.82) is 0 Å². The molecule has 1 aromatic rings. The molecule has 4 heteroatoms. The van der Waals surface area contributed by atoms with Crippen LogP contribution >= 0.6 is 11.6 Å². The van der Waals surface area contributed by atoms with E-state index in [0.29, 0.717) is 10.8 Å². The number of hydrogen-bond acceptors (Lipinski definition) is 2. The number of carbonyl (C=O) groups excluding carboxylic acids is 1. The van der Waals surface area contributed by atoms with Gasteiger partial charge < -0.3 is 5.32 Å². The van der Waals surface area contributed by atoms with E-state index in [9.17, 15) is 4.79 Å². The van der Waals surface area contributed by atoms with Gasteiger partial charge in [-0.15, -0.1) is 0 Å². The van der Waals surface area contributed by atoms with Crippen LogP contribution in [0.3, 0.4) is 0 Å². The molecule has 1 amide bonds. The smallest absolute Gasteiger partial charge is 0.227 e. The molecular weight excluding hydrogens is 212 g/mol. The number of hydrogen-bond donors (Lipinski definition) is 1. The molecule has 0 saturated heterocycles. The number of aryl methyl sites for hydroxylation is 1. The number of halogens is 1. The van der Waals surface area contributed by atoms with Crippen LogP contribution in [0.1, 0.15) is 24.8 Å². The highest BCUT2D eigenvalue weighted by Crippen LogP contribution is 2.28. The Morgan fingerprint density at radius 2 is 2.33 bits per heavy atom. The van der Waals surface area contributed by atoms with Crippen molar-refractivity contribution in [2.24, 2.45) is 5.92 Å². The lowest BCUT2D eigenvalue weighted by Crippen LogP contribution is -2.28. The van der Waals surface area contributed by atoms with Gasteiger partial charge in [0.2, 0.25) is 5.91 Å². The average Bonchev–Trinajstić information content (AvgIpc) is 2.08. The largest absolute Gasteiger partial charge is 0.323 e. The van der Waals surface area contributed by atoms with Gasteiger partial charge in [-0.3, -0.25) is 4.79 Å². The predicted molar refractivity (Wildman–Crippen MR) is 60.0 cm³/mol. The van der Waals surface area contributed by atoms with E-state index < -0.39 is 0 Å². The molecule has 1 aliphatic carbocycles. The third kappa shape index (κ3) is 2.29. The third-order valence-corrected chi connectivity index (χ3v) is 3.01. The molecule has 1 saturated carbocycles. The number of amides is 1. The van der Waals surface area contributed by atoms with Crippen molar-refractivity contribution in [2.45, 2.75) is 26.2 Å². The number of nitrogens with zero attached hydrogens (tertiary/aromatic N) is 1. The van der Waals surface area contributed by atoms with Gasteiger partial charge in [-0.05, 0) is 31.4 Å². The summed E-state index contributed by atoms with van der Waals surface area (Å²) in [7, 11) is 0. The molecule has 1 N–H and O–H groups in total. The second kappa shape index (κ2) is 4.19. The van der Waals surface area contributed by atoms with Crippen LogP contribution in [-0.4, -0.2) is 10.9 Å². The summed E-state index contributed by atoms with van der Waals surface area (Å²) in [6.07, 6.45) is 4.81. The normalized spacial score (nSPS) is 15.9. The Morgan fingerprint density at radius 3 is 2.93 bits per heavy atom. The Kier molecular flexibility index (Phi) is 2.91. The molecule has 1 heterocycles. The van der Waals surface area contributed by atoms with Crippen LogP contribution in [0.4, 0.5) is 5.69 Å². The van der Waals surface area contributed by atoms with E-state index in [2.05, 4.69) is 10.3 Å². The molecule has 1 aromatic heterocycles. The zero-order valence-electron chi connectivity index (χ0n) is 8.59. The van der Waals surface area contributed by atoms with Crippen molar-refractivity contribution in [3.63, 3.8) is 0 Å². The summed E-state index contributed by atoms with van der Waals surface area (Å²) >= 11 is 5.88. The van der Waals surface area contributed by atoms with Gasteiger partial charge in [0.15, 0.2) is 5.15 Å². The van der Waals surface area contributed by atoms with Crippen molar-refractivity contribution in [2.75, 3.05) is 5.32 Å². The number of anilines is 1. The van der Waals surface area contributed by atoms with Gasteiger partial charge >= 0.3 is 0 Å².